The van der Waals surface area contributed by atoms with Crippen LogP contribution in [0.2, 0.25) is 0 Å². The SMILES string of the molecule is CC1CC(C)(C)c2ccc(-n3c4ccccc4c4c5[nH]c6ccccc6c5ccc43)cc2C1(C)C. The highest BCUT2D eigenvalue weighted by molar-refractivity contribution is 6.25. The fourth-order valence-corrected chi connectivity index (χ4v) is 6.85. The average Bonchev–Trinajstić information content (AvgIpc) is 3.38. The Bertz CT molecular complexity index is 1790. The molecule has 1 unspecified atom stereocenters. The number of nitrogens with zero attached hydrogens (tertiary/aromatic N) is 1. The van der Waals surface area contributed by atoms with E-state index in [4.69, 9.17) is 0 Å². The molecule has 1 atom stereocenters. The van der Waals surface area contributed by atoms with Gasteiger partial charge in [0, 0.05) is 32.7 Å². The summed E-state index contributed by atoms with van der Waals surface area (Å²) in [6.07, 6.45) is 1.22. The molecule has 2 heteroatoms. The van der Waals surface area contributed by atoms with Crippen molar-refractivity contribution in [2.24, 2.45) is 5.92 Å². The van der Waals surface area contributed by atoms with Crippen LogP contribution in [0, 0.1) is 5.92 Å². The van der Waals surface area contributed by atoms with Crippen LogP contribution in [0.15, 0.2) is 78.9 Å². The third-order valence-electron chi connectivity index (χ3n) is 9.05. The zero-order valence-corrected chi connectivity index (χ0v) is 21.2. The lowest BCUT2D eigenvalue weighted by Crippen LogP contribution is -2.40. The first-order valence-electron chi connectivity index (χ1n) is 12.9. The average molecular weight is 457 g/mol. The minimum atomic E-state index is 0.143. The summed E-state index contributed by atoms with van der Waals surface area (Å²) < 4.78 is 2.47. The molecule has 174 valence electrons. The first kappa shape index (κ1) is 20.8. The van der Waals surface area contributed by atoms with Gasteiger partial charge in [-0.2, -0.15) is 0 Å². The Hall–Kier alpha value is -3.52. The fourth-order valence-electron chi connectivity index (χ4n) is 6.85. The minimum absolute atomic E-state index is 0.143. The van der Waals surface area contributed by atoms with Gasteiger partial charge < -0.3 is 9.55 Å². The third-order valence-corrected chi connectivity index (χ3v) is 9.05. The van der Waals surface area contributed by atoms with E-state index in [0.29, 0.717) is 5.92 Å². The number of para-hydroxylation sites is 2. The van der Waals surface area contributed by atoms with Gasteiger partial charge in [-0.1, -0.05) is 83.1 Å². The Balaban J connectivity index is 1.59. The van der Waals surface area contributed by atoms with Gasteiger partial charge in [-0.3, -0.25) is 0 Å². The summed E-state index contributed by atoms with van der Waals surface area (Å²) in [6.45, 7) is 12.1. The molecule has 0 aliphatic heterocycles. The molecule has 0 spiro atoms. The van der Waals surface area contributed by atoms with E-state index in [-0.39, 0.29) is 10.8 Å². The molecule has 6 aromatic rings. The van der Waals surface area contributed by atoms with Crippen molar-refractivity contribution in [3.05, 3.63) is 90.0 Å². The van der Waals surface area contributed by atoms with Gasteiger partial charge in [-0.25, -0.2) is 0 Å². The van der Waals surface area contributed by atoms with Crippen molar-refractivity contribution < 1.29 is 0 Å². The van der Waals surface area contributed by atoms with E-state index in [2.05, 4.69) is 123 Å². The van der Waals surface area contributed by atoms with Crippen LogP contribution in [-0.4, -0.2) is 9.55 Å². The lowest BCUT2D eigenvalue weighted by atomic mass is 9.58. The molecule has 1 aliphatic carbocycles. The number of aromatic nitrogens is 2. The number of nitrogens with one attached hydrogen (secondary N) is 1. The Morgan fingerprint density at radius 3 is 2.31 bits per heavy atom. The van der Waals surface area contributed by atoms with Gasteiger partial charge in [0.05, 0.1) is 16.6 Å². The summed E-state index contributed by atoms with van der Waals surface area (Å²) in [4.78, 5) is 3.74. The van der Waals surface area contributed by atoms with E-state index >= 15 is 0 Å². The number of aromatic amines is 1. The van der Waals surface area contributed by atoms with Gasteiger partial charge >= 0.3 is 0 Å². The highest BCUT2D eigenvalue weighted by atomic mass is 15.0. The normalized spacial score (nSPS) is 19.1. The molecular weight excluding hydrogens is 424 g/mol. The van der Waals surface area contributed by atoms with Crippen LogP contribution in [0.1, 0.15) is 52.2 Å². The maximum atomic E-state index is 3.74. The van der Waals surface area contributed by atoms with Crippen LogP contribution in [-0.2, 0) is 10.8 Å². The van der Waals surface area contributed by atoms with Gasteiger partial charge in [0.2, 0.25) is 0 Å². The quantitative estimate of drug-likeness (QED) is 0.255. The minimum Gasteiger partial charge on any atom is -0.354 e. The van der Waals surface area contributed by atoms with Crippen molar-refractivity contribution in [2.75, 3.05) is 0 Å². The molecule has 7 rings (SSSR count). The Kier molecular flexibility index (Phi) is 4.04. The molecule has 1 N–H and O–H groups in total. The van der Waals surface area contributed by atoms with E-state index in [1.165, 1.54) is 66.8 Å². The van der Waals surface area contributed by atoms with Crippen LogP contribution in [0.4, 0.5) is 0 Å². The van der Waals surface area contributed by atoms with Crippen LogP contribution >= 0.6 is 0 Å². The Labute approximate surface area is 206 Å². The van der Waals surface area contributed by atoms with Crippen molar-refractivity contribution in [1.82, 2.24) is 9.55 Å². The zero-order chi connectivity index (χ0) is 24.1. The van der Waals surface area contributed by atoms with Crippen LogP contribution in [0.5, 0.6) is 0 Å². The monoisotopic (exact) mass is 456 g/mol. The zero-order valence-electron chi connectivity index (χ0n) is 21.2. The molecule has 0 fully saturated rings. The first-order chi connectivity index (χ1) is 16.8. The second kappa shape index (κ2) is 6.79. The molecule has 2 heterocycles. The fraction of sp³-hybridized carbons (Fsp3) is 0.273. The van der Waals surface area contributed by atoms with E-state index in [1.54, 1.807) is 0 Å². The summed E-state index contributed by atoms with van der Waals surface area (Å²) in [5.74, 6) is 0.629. The molecule has 4 aromatic carbocycles. The predicted octanol–water partition coefficient (Wildman–Crippen LogP) is 9.01. The molecule has 0 saturated carbocycles. The lowest BCUT2D eigenvalue weighted by Gasteiger charge is -2.46. The van der Waals surface area contributed by atoms with Gasteiger partial charge in [0.15, 0.2) is 0 Å². The van der Waals surface area contributed by atoms with Crippen LogP contribution in [0.3, 0.4) is 0 Å². The largest absolute Gasteiger partial charge is 0.354 e. The van der Waals surface area contributed by atoms with Gasteiger partial charge in [-0.15, -0.1) is 0 Å². The van der Waals surface area contributed by atoms with E-state index in [0.717, 1.165) is 0 Å². The number of fused-ring (bicyclic) bond motifs is 8. The number of rotatable bonds is 1. The maximum absolute atomic E-state index is 3.74. The van der Waals surface area contributed by atoms with E-state index < -0.39 is 0 Å². The van der Waals surface area contributed by atoms with Crippen LogP contribution < -0.4 is 0 Å². The lowest BCUT2D eigenvalue weighted by molar-refractivity contribution is 0.233. The summed E-state index contributed by atoms with van der Waals surface area (Å²) in [6, 6.07) is 29.3. The molecule has 0 amide bonds. The number of hydrogen-bond acceptors (Lipinski definition) is 0. The molecule has 0 saturated heterocycles. The second-order valence-corrected chi connectivity index (χ2v) is 11.8. The van der Waals surface area contributed by atoms with Crippen molar-refractivity contribution in [3.63, 3.8) is 0 Å². The molecule has 2 aromatic heterocycles. The molecular formula is C33H32N2. The topological polar surface area (TPSA) is 20.7 Å². The molecule has 0 radical (unpaired) electrons. The van der Waals surface area contributed by atoms with Gasteiger partial charge in [-0.05, 0) is 64.6 Å². The van der Waals surface area contributed by atoms with Crippen molar-refractivity contribution in [2.45, 2.75) is 51.9 Å². The number of hydrogen-bond donors (Lipinski definition) is 1. The molecule has 1 aliphatic rings. The van der Waals surface area contributed by atoms with Gasteiger partial charge in [0.1, 0.15) is 0 Å². The Morgan fingerprint density at radius 1 is 0.743 bits per heavy atom. The smallest absolute Gasteiger partial charge is 0.0566 e. The number of H-pyrrole nitrogens is 1. The predicted molar refractivity (Wildman–Crippen MR) is 150 cm³/mol. The number of benzene rings is 4. The van der Waals surface area contributed by atoms with Crippen molar-refractivity contribution in [3.8, 4) is 5.69 Å². The Morgan fingerprint density at radius 2 is 1.49 bits per heavy atom. The van der Waals surface area contributed by atoms with Crippen molar-refractivity contribution in [1.29, 1.82) is 0 Å². The second-order valence-electron chi connectivity index (χ2n) is 11.8. The standard InChI is InChI=1S/C33H32N2/c1-20-19-32(2,3)25-16-14-21(18-26(25)33(20,4)5)35-28-13-9-7-11-24(28)30-29(35)17-15-23-22-10-6-8-12-27(22)34-31(23)30/h6-18,20,34H,19H2,1-5H3. The summed E-state index contributed by atoms with van der Waals surface area (Å²) in [5.41, 5.74) is 9.53. The summed E-state index contributed by atoms with van der Waals surface area (Å²) >= 11 is 0. The molecule has 0 bridgehead atoms. The van der Waals surface area contributed by atoms with E-state index in [1.807, 2.05) is 0 Å². The summed E-state index contributed by atoms with van der Waals surface area (Å²) in [5, 5.41) is 5.18. The first-order valence-corrected chi connectivity index (χ1v) is 12.9. The highest BCUT2D eigenvalue weighted by Crippen LogP contribution is 2.50. The van der Waals surface area contributed by atoms with E-state index in [9.17, 15) is 0 Å². The summed E-state index contributed by atoms with van der Waals surface area (Å²) in [7, 11) is 0. The molecule has 2 nitrogen and oxygen atoms in total. The van der Waals surface area contributed by atoms with Crippen molar-refractivity contribution >= 4 is 43.6 Å². The van der Waals surface area contributed by atoms with Gasteiger partial charge in [0.25, 0.3) is 0 Å². The highest BCUT2D eigenvalue weighted by Gasteiger charge is 2.42. The maximum Gasteiger partial charge on any atom is 0.0566 e. The molecule has 35 heavy (non-hydrogen) atoms. The third kappa shape index (κ3) is 2.71. The van der Waals surface area contributed by atoms with Crippen LogP contribution in [0.25, 0.3) is 49.3 Å².